The van der Waals surface area contributed by atoms with Gasteiger partial charge in [0.25, 0.3) is 5.03 Å². The van der Waals surface area contributed by atoms with Crippen LogP contribution in [0.4, 0.5) is 5.69 Å². The predicted molar refractivity (Wildman–Crippen MR) is 101 cm³/mol. The summed E-state index contributed by atoms with van der Waals surface area (Å²) in [6.45, 7) is 1.73. The van der Waals surface area contributed by atoms with Gasteiger partial charge in [0.2, 0.25) is 11.6 Å². The molecular formula is C17H14IN3O3S. The Bertz CT molecular complexity index is 869. The van der Waals surface area contributed by atoms with Crippen LogP contribution in [0, 0.1) is 3.57 Å². The first-order valence-corrected chi connectivity index (χ1v) is 9.38. The number of carbonyl (C=O) groups is 1. The van der Waals surface area contributed by atoms with Crippen molar-refractivity contribution >= 4 is 45.9 Å². The van der Waals surface area contributed by atoms with E-state index in [0.29, 0.717) is 11.4 Å². The largest absolute Gasteiger partial charge is 0.538 e. The van der Waals surface area contributed by atoms with Crippen molar-refractivity contribution in [2.24, 2.45) is 0 Å². The van der Waals surface area contributed by atoms with Crippen LogP contribution in [0.5, 0.6) is 5.95 Å². The third-order valence-corrected chi connectivity index (χ3v) is 5.19. The molecule has 0 saturated carbocycles. The Balaban J connectivity index is 1.74. The van der Waals surface area contributed by atoms with Gasteiger partial charge >= 0.3 is 0 Å². The number of rotatable bonds is 5. The highest BCUT2D eigenvalue weighted by Crippen LogP contribution is 2.28. The van der Waals surface area contributed by atoms with Gasteiger partial charge in [-0.1, -0.05) is 18.2 Å². The van der Waals surface area contributed by atoms with Gasteiger partial charge in [-0.25, -0.2) is 0 Å². The molecule has 0 fully saturated rings. The highest BCUT2D eigenvalue weighted by molar-refractivity contribution is 14.1. The Morgan fingerprint density at radius 2 is 1.92 bits per heavy atom. The van der Waals surface area contributed by atoms with Crippen LogP contribution in [-0.2, 0) is 4.79 Å². The number of anilines is 1. The smallest absolute Gasteiger partial charge is 0.298 e. The Kier molecular flexibility index (Phi) is 5.59. The molecule has 0 radical (unpaired) electrons. The van der Waals surface area contributed by atoms with E-state index in [2.05, 4.69) is 33.2 Å². The predicted octanol–water partition coefficient (Wildman–Crippen LogP) is 2.75. The Labute approximate surface area is 162 Å². The minimum Gasteiger partial charge on any atom is -0.538 e. The van der Waals surface area contributed by atoms with E-state index in [-0.39, 0.29) is 10.9 Å². The van der Waals surface area contributed by atoms with Gasteiger partial charge in [0.15, 0.2) is 5.95 Å². The molecular weight excluding hydrogens is 453 g/mol. The van der Waals surface area contributed by atoms with Crippen LogP contribution in [0.3, 0.4) is 0 Å². The van der Waals surface area contributed by atoms with Gasteiger partial charge < -0.3 is 14.9 Å². The number of benzene rings is 2. The second kappa shape index (κ2) is 7.87. The third kappa shape index (κ3) is 4.31. The van der Waals surface area contributed by atoms with Crippen molar-refractivity contribution in [2.75, 3.05) is 5.32 Å². The lowest BCUT2D eigenvalue weighted by molar-refractivity contribution is -0.705. The summed E-state index contributed by atoms with van der Waals surface area (Å²) in [5.41, 5.74) is 1.41. The van der Waals surface area contributed by atoms with E-state index < -0.39 is 11.2 Å². The average molecular weight is 467 g/mol. The molecule has 1 amide bonds. The molecule has 128 valence electrons. The summed E-state index contributed by atoms with van der Waals surface area (Å²) in [7, 11) is 0. The number of para-hydroxylation sites is 1. The Hall–Kier alpha value is -2.07. The number of hydrogen-bond donors (Lipinski definition) is 1. The topological polar surface area (TPSA) is 82.1 Å². The minimum atomic E-state index is -0.567. The molecule has 25 heavy (non-hydrogen) atoms. The molecule has 0 aliphatic carbocycles. The lowest BCUT2D eigenvalue weighted by atomic mass is 10.3. The van der Waals surface area contributed by atoms with Crippen molar-refractivity contribution in [1.29, 1.82) is 0 Å². The number of carbonyl (C=O) groups excluding carboxylic acids is 1. The van der Waals surface area contributed by atoms with Gasteiger partial charge in [-0.05, 0) is 70.2 Å². The maximum absolute atomic E-state index is 12.4. The van der Waals surface area contributed by atoms with Gasteiger partial charge in [0.1, 0.15) is 0 Å². The molecule has 3 aromatic rings. The van der Waals surface area contributed by atoms with E-state index in [9.17, 15) is 9.90 Å². The molecule has 1 atom stereocenters. The number of amides is 1. The highest BCUT2D eigenvalue weighted by atomic mass is 127. The first-order chi connectivity index (χ1) is 12.0. The summed E-state index contributed by atoms with van der Waals surface area (Å²) in [4.78, 5) is 12.4. The molecule has 3 rings (SSSR count). The van der Waals surface area contributed by atoms with Crippen molar-refractivity contribution < 1.29 is 19.1 Å². The minimum absolute atomic E-state index is 0.202. The monoisotopic (exact) mass is 467 g/mol. The molecule has 0 aliphatic rings. The van der Waals surface area contributed by atoms with Gasteiger partial charge in [0.05, 0.1) is 10.5 Å². The fraction of sp³-hybridized carbons (Fsp3) is 0.118. The summed E-state index contributed by atoms with van der Waals surface area (Å²) >= 11 is 3.31. The van der Waals surface area contributed by atoms with Crippen LogP contribution < -0.4 is 15.1 Å². The van der Waals surface area contributed by atoms with Crippen LogP contribution in [0.15, 0.2) is 64.1 Å². The number of thioether (sulfide) groups is 1. The van der Waals surface area contributed by atoms with Gasteiger partial charge in [-0.2, -0.15) is 0 Å². The molecule has 1 heterocycles. The van der Waals surface area contributed by atoms with E-state index in [0.717, 1.165) is 15.3 Å². The second-order valence-corrected chi connectivity index (χ2v) is 7.74. The zero-order valence-electron chi connectivity index (χ0n) is 13.2. The quantitative estimate of drug-likeness (QED) is 0.355. The molecule has 1 unspecified atom stereocenters. The van der Waals surface area contributed by atoms with E-state index >= 15 is 0 Å². The number of nitrogens with zero attached hydrogens (tertiary/aromatic N) is 2. The molecule has 2 aromatic carbocycles. The summed E-state index contributed by atoms with van der Waals surface area (Å²) in [6, 6.07) is 16.6. The maximum atomic E-state index is 12.4. The SMILES string of the molecule is CC(Sc1c([O-])on[n+]1-c1ccccc1)C(=O)Nc1ccc(I)cc1. The molecule has 6 nitrogen and oxygen atoms in total. The molecule has 0 aliphatic heterocycles. The molecule has 0 spiro atoms. The summed E-state index contributed by atoms with van der Waals surface area (Å²) in [6.07, 6.45) is 0. The van der Waals surface area contributed by atoms with Crippen molar-refractivity contribution in [3.05, 3.63) is 58.2 Å². The number of hydrogen-bond acceptors (Lipinski definition) is 5. The first-order valence-electron chi connectivity index (χ1n) is 7.42. The molecule has 0 bridgehead atoms. The zero-order chi connectivity index (χ0) is 17.8. The maximum Gasteiger partial charge on any atom is 0.298 e. The van der Waals surface area contributed by atoms with Gasteiger partial charge in [-0.15, -0.1) is 0 Å². The lowest BCUT2D eigenvalue weighted by Crippen LogP contribution is -2.36. The van der Waals surface area contributed by atoms with E-state index in [1.165, 1.54) is 4.68 Å². The summed E-state index contributed by atoms with van der Waals surface area (Å²) in [5, 5.41) is 18.3. The fourth-order valence-corrected chi connectivity index (χ4v) is 3.30. The first kappa shape index (κ1) is 17.7. The van der Waals surface area contributed by atoms with Crippen LogP contribution in [-0.4, -0.2) is 16.4 Å². The van der Waals surface area contributed by atoms with E-state index in [1.807, 2.05) is 54.6 Å². The summed E-state index contributed by atoms with van der Waals surface area (Å²) < 4.78 is 7.26. The van der Waals surface area contributed by atoms with Crippen LogP contribution in [0.2, 0.25) is 0 Å². The van der Waals surface area contributed by atoms with Crippen molar-refractivity contribution in [3.8, 4) is 11.6 Å². The van der Waals surface area contributed by atoms with E-state index in [4.69, 9.17) is 4.52 Å². The van der Waals surface area contributed by atoms with Gasteiger partial charge in [0, 0.05) is 21.4 Å². The molecule has 1 aromatic heterocycles. The van der Waals surface area contributed by atoms with Gasteiger partial charge in [-0.3, -0.25) is 4.79 Å². The fourth-order valence-electron chi connectivity index (χ4n) is 2.07. The van der Waals surface area contributed by atoms with E-state index in [1.54, 1.807) is 6.92 Å². The normalized spacial score (nSPS) is 11.9. The number of halogens is 1. The molecule has 1 N–H and O–H groups in total. The average Bonchev–Trinajstić information content (AvgIpc) is 2.98. The lowest BCUT2D eigenvalue weighted by Gasteiger charge is -2.10. The Morgan fingerprint density at radius 1 is 1.24 bits per heavy atom. The van der Waals surface area contributed by atoms with Crippen LogP contribution in [0.1, 0.15) is 6.92 Å². The van der Waals surface area contributed by atoms with Crippen LogP contribution >= 0.6 is 34.4 Å². The standard InChI is InChI=1S/C17H14IN3O3S/c1-11(15(22)19-13-9-7-12(18)8-10-13)25-16-17(23)24-20-21(16)14-5-3-2-4-6-14/h2-11H,1H3,(H-,19,20,22,23). The van der Waals surface area contributed by atoms with Crippen molar-refractivity contribution in [2.45, 2.75) is 17.2 Å². The molecule has 8 heteroatoms. The third-order valence-electron chi connectivity index (χ3n) is 3.34. The van der Waals surface area contributed by atoms with Crippen LogP contribution in [0.25, 0.3) is 5.69 Å². The highest BCUT2D eigenvalue weighted by Gasteiger charge is 2.26. The zero-order valence-corrected chi connectivity index (χ0v) is 16.2. The molecule has 0 saturated heterocycles. The number of nitrogens with one attached hydrogen (secondary N) is 1. The van der Waals surface area contributed by atoms with Crippen molar-refractivity contribution in [1.82, 2.24) is 5.27 Å². The summed E-state index contributed by atoms with van der Waals surface area (Å²) in [5.74, 6) is -0.769. The second-order valence-electron chi connectivity index (χ2n) is 5.17. The van der Waals surface area contributed by atoms with Crippen molar-refractivity contribution in [3.63, 3.8) is 0 Å². The number of aromatic nitrogens is 2. The Morgan fingerprint density at radius 3 is 2.60 bits per heavy atom.